The Morgan fingerprint density at radius 1 is 1.18 bits per heavy atom. The lowest BCUT2D eigenvalue weighted by molar-refractivity contribution is 0.182. The summed E-state index contributed by atoms with van der Waals surface area (Å²) in [6.45, 7) is 4.07. The van der Waals surface area contributed by atoms with Crippen LogP contribution < -0.4 is 10.3 Å². The van der Waals surface area contributed by atoms with E-state index in [1.165, 1.54) is 18.4 Å². The van der Waals surface area contributed by atoms with Crippen molar-refractivity contribution in [3.63, 3.8) is 0 Å². The fourth-order valence-corrected chi connectivity index (χ4v) is 3.77. The van der Waals surface area contributed by atoms with Crippen molar-refractivity contribution in [3.05, 3.63) is 70.3 Å². The van der Waals surface area contributed by atoms with Gasteiger partial charge in [0.05, 0.1) is 18.0 Å². The molecule has 0 aliphatic heterocycles. The van der Waals surface area contributed by atoms with Gasteiger partial charge in [0.25, 0.3) is 5.56 Å². The van der Waals surface area contributed by atoms with Crippen LogP contribution in [0.2, 0.25) is 0 Å². The predicted octanol–water partition coefficient (Wildman–Crippen LogP) is 3.77. The van der Waals surface area contributed by atoms with Gasteiger partial charge >= 0.3 is 0 Å². The molecule has 2 aromatic carbocycles. The topological polar surface area (TPSA) is 58.2 Å². The second-order valence-electron chi connectivity index (χ2n) is 7.68. The Kier molecular flexibility index (Phi) is 5.44. The van der Waals surface area contributed by atoms with Gasteiger partial charge in [-0.3, -0.25) is 9.69 Å². The first kappa shape index (κ1) is 18.7. The van der Waals surface area contributed by atoms with E-state index in [9.17, 15) is 4.79 Å². The van der Waals surface area contributed by atoms with E-state index in [4.69, 9.17) is 4.74 Å². The Morgan fingerprint density at radius 2 is 1.93 bits per heavy atom. The Bertz CT molecular complexity index is 993. The van der Waals surface area contributed by atoms with E-state index in [0.717, 1.165) is 42.5 Å². The molecule has 1 saturated carbocycles. The van der Waals surface area contributed by atoms with Crippen LogP contribution in [-0.4, -0.2) is 34.6 Å². The van der Waals surface area contributed by atoms with Gasteiger partial charge in [0, 0.05) is 25.6 Å². The number of benzene rings is 2. The molecule has 1 aliphatic rings. The summed E-state index contributed by atoms with van der Waals surface area (Å²) in [7, 11) is 1.69. The molecule has 1 aliphatic carbocycles. The molecule has 1 unspecified atom stereocenters. The molecule has 5 heteroatoms. The number of nitrogens with one attached hydrogen (secondary N) is 1. The number of fused-ring (bicyclic) bond motifs is 1. The van der Waals surface area contributed by atoms with Crippen LogP contribution in [0.1, 0.15) is 31.2 Å². The predicted molar refractivity (Wildman–Crippen MR) is 112 cm³/mol. The second kappa shape index (κ2) is 8.15. The van der Waals surface area contributed by atoms with E-state index < -0.39 is 0 Å². The molecule has 1 atom stereocenters. The monoisotopic (exact) mass is 377 g/mol. The average Bonchev–Trinajstić information content (AvgIpc) is 3.56. The molecule has 1 N–H and O–H groups in total. The highest BCUT2D eigenvalue weighted by Crippen LogP contribution is 2.35. The molecule has 1 aromatic heterocycles. The van der Waals surface area contributed by atoms with Gasteiger partial charge in [0.2, 0.25) is 0 Å². The van der Waals surface area contributed by atoms with Gasteiger partial charge in [-0.05, 0) is 55.5 Å². The second-order valence-corrected chi connectivity index (χ2v) is 7.68. The van der Waals surface area contributed by atoms with Crippen LogP contribution in [-0.2, 0) is 13.0 Å². The summed E-state index contributed by atoms with van der Waals surface area (Å²) in [5.74, 6) is 2.41. The lowest BCUT2D eigenvalue weighted by Crippen LogP contribution is -2.36. The lowest BCUT2D eigenvalue weighted by Gasteiger charge is -2.29. The van der Waals surface area contributed by atoms with E-state index >= 15 is 0 Å². The van der Waals surface area contributed by atoms with Crippen LogP contribution in [0, 0.1) is 5.92 Å². The first-order chi connectivity index (χ1) is 13.6. The van der Waals surface area contributed by atoms with Crippen molar-refractivity contribution in [2.75, 3.05) is 13.7 Å². The molecular weight excluding hydrogens is 350 g/mol. The summed E-state index contributed by atoms with van der Waals surface area (Å²) in [4.78, 5) is 22.5. The van der Waals surface area contributed by atoms with Crippen molar-refractivity contribution in [2.45, 2.75) is 38.8 Å². The van der Waals surface area contributed by atoms with E-state index in [1.54, 1.807) is 7.11 Å². The first-order valence-corrected chi connectivity index (χ1v) is 9.99. The minimum Gasteiger partial charge on any atom is -0.497 e. The summed E-state index contributed by atoms with van der Waals surface area (Å²) in [5.41, 5.74) is 1.98. The third kappa shape index (κ3) is 4.25. The summed E-state index contributed by atoms with van der Waals surface area (Å²) in [5, 5.41) is 0.646. The minimum atomic E-state index is -0.0578. The van der Waals surface area contributed by atoms with Crippen LogP contribution in [0.4, 0.5) is 0 Å². The van der Waals surface area contributed by atoms with E-state index in [1.807, 2.05) is 36.4 Å². The molecule has 0 bridgehead atoms. The molecule has 3 aromatic rings. The van der Waals surface area contributed by atoms with Crippen molar-refractivity contribution >= 4 is 10.9 Å². The molecular formula is C23H27N3O2. The number of aromatic nitrogens is 2. The Balaban J connectivity index is 1.50. The molecule has 1 fully saturated rings. The fourth-order valence-electron chi connectivity index (χ4n) is 3.77. The maximum absolute atomic E-state index is 12.3. The molecule has 0 spiro atoms. The molecule has 0 saturated heterocycles. The Morgan fingerprint density at radius 3 is 2.64 bits per heavy atom. The van der Waals surface area contributed by atoms with E-state index in [-0.39, 0.29) is 5.56 Å². The number of methoxy groups -OCH3 is 1. The largest absolute Gasteiger partial charge is 0.497 e. The zero-order valence-corrected chi connectivity index (χ0v) is 16.5. The molecule has 4 rings (SSSR count). The van der Waals surface area contributed by atoms with Crippen LogP contribution >= 0.6 is 0 Å². The molecule has 0 radical (unpaired) electrons. The third-order valence-corrected chi connectivity index (χ3v) is 5.72. The van der Waals surface area contributed by atoms with Gasteiger partial charge in [-0.1, -0.05) is 24.3 Å². The Hall–Kier alpha value is -2.66. The van der Waals surface area contributed by atoms with E-state index in [0.29, 0.717) is 11.4 Å². The van der Waals surface area contributed by atoms with Crippen LogP contribution in [0.3, 0.4) is 0 Å². The van der Waals surface area contributed by atoms with Gasteiger partial charge in [0.15, 0.2) is 0 Å². The minimum absolute atomic E-state index is 0.0578. The summed E-state index contributed by atoms with van der Waals surface area (Å²) in [6.07, 6.45) is 3.35. The average molecular weight is 377 g/mol. The highest BCUT2D eigenvalue weighted by atomic mass is 16.5. The molecule has 28 heavy (non-hydrogen) atoms. The number of hydrogen-bond acceptors (Lipinski definition) is 4. The van der Waals surface area contributed by atoms with E-state index in [2.05, 4.69) is 33.9 Å². The van der Waals surface area contributed by atoms with Crippen molar-refractivity contribution in [1.29, 1.82) is 0 Å². The summed E-state index contributed by atoms with van der Waals surface area (Å²) >= 11 is 0. The highest BCUT2D eigenvalue weighted by molar-refractivity contribution is 5.77. The number of para-hydroxylation sites is 1. The zero-order chi connectivity index (χ0) is 19.5. The number of H-pyrrole nitrogens is 1. The fraction of sp³-hybridized carbons (Fsp3) is 0.391. The summed E-state index contributed by atoms with van der Waals surface area (Å²) in [6, 6.07) is 16.3. The summed E-state index contributed by atoms with van der Waals surface area (Å²) < 4.78 is 5.27. The van der Waals surface area contributed by atoms with Crippen LogP contribution in [0.15, 0.2) is 53.3 Å². The first-order valence-electron chi connectivity index (χ1n) is 9.99. The quantitative estimate of drug-likeness (QED) is 0.649. The van der Waals surface area contributed by atoms with Gasteiger partial charge in [0.1, 0.15) is 11.6 Å². The smallest absolute Gasteiger partial charge is 0.258 e. The number of hydrogen-bond donors (Lipinski definition) is 1. The maximum Gasteiger partial charge on any atom is 0.258 e. The molecule has 5 nitrogen and oxygen atoms in total. The number of nitrogens with zero attached hydrogens (tertiary/aromatic N) is 2. The van der Waals surface area contributed by atoms with Crippen molar-refractivity contribution < 1.29 is 4.74 Å². The van der Waals surface area contributed by atoms with Gasteiger partial charge in [-0.15, -0.1) is 0 Å². The molecule has 146 valence electrons. The van der Waals surface area contributed by atoms with Crippen molar-refractivity contribution in [3.8, 4) is 5.75 Å². The number of aromatic amines is 1. The SMILES string of the molecule is COc1ccc(CN(CCc2nc3ccccc3c(=O)[nH]2)C(C)C2CC2)cc1. The normalized spacial score (nSPS) is 15.1. The van der Waals surface area contributed by atoms with Gasteiger partial charge in [-0.25, -0.2) is 4.98 Å². The van der Waals surface area contributed by atoms with Crippen LogP contribution in [0.25, 0.3) is 10.9 Å². The number of rotatable bonds is 8. The highest BCUT2D eigenvalue weighted by Gasteiger charge is 2.31. The Labute approximate surface area is 165 Å². The van der Waals surface area contributed by atoms with Crippen molar-refractivity contribution in [1.82, 2.24) is 14.9 Å². The maximum atomic E-state index is 12.3. The lowest BCUT2D eigenvalue weighted by atomic mass is 10.1. The zero-order valence-electron chi connectivity index (χ0n) is 16.5. The van der Waals surface area contributed by atoms with Gasteiger partial charge in [-0.2, -0.15) is 0 Å². The van der Waals surface area contributed by atoms with Gasteiger partial charge < -0.3 is 9.72 Å². The molecule has 1 heterocycles. The van der Waals surface area contributed by atoms with Crippen molar-refractivity contribution in [2.24, 2.45) is 5.92 Å². The van der Waals surface area contributed by atoms with Crippen LogP contribution in [0.5, 0.6) is 5.75 Å². The molecule has 0 amide bonds. The third-order valence-electron chi connectivity index (χ3n) is 5.72. The standard InChI is InChI=1S/C23H27N3O2/c1-16(18-9-10-18)26(15-17-7-11-19(28-2)12-8-17)14-13-22-24-21-6-4-3-5-20(21)23(27)25-22/h3-8,11-12,16,18H,9-10,13-15H2,1-2H3,(H,24,25,27). The number of ether oxygens (including phenoxy) is 1.